The summed E-state index contributed by atoms with van der Waals surface area (Å²) >= 11 is 0. The topological polar surface area (TPSA) is 114 Å². The van der Waals surface area contributed by atoms with Crippen LogP contribution in [0.1, 0.15) is 11.1 Å². The van der Waals surface area contributed by atoms with Crippen molar-refractivity contribution in [3.63, 3.8) is 0 Å². The molecule has 1 aromatic carbocycles. The Morgan fingerprint density at radius 2 is 1.90 bits per heavy atom. The van der Waals surface area contributed by atoms with Crippen LogP contribution in [0, 0.1) is 13.8 Å². The minimum absolute atomic E-state index is 0.277. The molecule has 0 fully saturated rings. The molecule has 7 nitrogen and oxygen atoms in total. The molecule has 0 saturated heterocycles. The number of aromatic amines is 1. The summed E-state index contributed by atoms with van der Waals surface area (Å²) in [7, 11) is 0. The lowest BCUT2D eigenvalue weighted by atomic mass is 10.1. The van der Waals surface area contributed by atoms with E-state index in [4.69, 9.17) is 10.3 Å². The number of H-pyrrole nitrogens is 1. The van der Waals surface area contributed by atoms with E-state index in [1.54, 1.807) is 18.2 Å². The standard InChI is InChI=1S/C13H13N5O2/c1-6-3-8(4-7(2)11(6)19)12-15-13(20-18-12)9-5-10(14)17-16-9/h3-5,19H,1-2H3,(H3,14,16,17). The number of aromatic nitrogens is 4. The third-order valence-electron chi connectivity index (χ3n) is 3.00. The van der Waals surface area contributed by atoms with E-state index in [0.29, 0.717) is 23.2 Å². The van der Waals surface area contributed by atoms with E-state index in [0.717, 1.165) is 16.7 Å². The normalized spacial score (nSPS) is 10.9. The lowest BCUT2D eigenvalue weighted by molar-refractivity contribution is 0.431. The first-order chi connectivity index (χ1) is 9.54. The second-order valence-electron chi connectivity index (χ2n) is 4.59. The first kappa shape index (κ1) is 12.2. The monoisotopic (exact) mass is 271 g/mol. The van der Waals surface area contributed by atoms with Gasteiger partial charge in [0.25, 0.3) is 5.89 Å². The number of anilines is 1. The molecule has 20 heavy (non-hydrogen) atoms. The van der Waals surface area contributed by atoms with Crippen molar-refractivity contribution in [2.75, 3.05) is 5.73 Å². The summed E-state index contributed by atoms with van der Waals surface area (Å²) in [5.74, 6) is 1.39. The van der Waals surface area contributed by atoms with Crippen molar-refractivity contribution in [1.82, 2.24) is 20.3 Å². The number of hydrogen-bond donors (Lipinski definition) is 3. The Labute approximate surface area is 114 Å². The van der Waals surface area contributed by atoms with E-state index in [9.17, 15) is 5.11 Å². The summed E-state index contributed by atoms with van der Waals surface area (Å²) in [4.78, 5) is 4.29. The number of aryl methyl sites for hydroxylation is 2. The number of benzene rings is 1. The molecule has 2 aromatic heterocycles. The molecule has 0 aliphatic heterocycles. The molecule has 0 spiro atoms. The smallest absolute Gasteiger partial charge is 0.276 e. The molecular formula is C13H13N5O2. The fraction of sp³-hybridized carbons (Fsp3) is 0.154. The highest BCUT2D eigenvalue weighted by Gasteiger charge is 2.14. The maximum atomic E-state index is 9.77. The number of hydrogen-bond acceptors (Lipinski definition) is 6. The average Bonchev–Trinajstić information content (AvgIpc) is 3.03. The van der Waals surface area contributed by atoms with Crippen molar-refractivity contribution in [2.45, 2.75) is 13.8 Å². The van der Waals surface area contributed by atoms with Crippen LogP contribution in [0.4, 0.5) is 5.82 Å². The summed E-state index contributed by atoms with van der Waals surface area (Å²) in [6.07, 6.45) is 0. The summed E-state index contributed by atoms with van der Waals surface area (Å²) in [6, 6.07) is 5.22. The molecule has 0 radical (unpaired) electrons. The zero-order chi connectivity index (χ0) is 14.3. The molecule has 102 valence electrons. The van der Waals surface area contributed by atoms with E-state index < -0.39 is 0 Å². The van der Waals surface area contributed by atoms with Crippen LogP contribution in [0.3, 0.4) is 0 Å². The fourth-order valence-electron chi connectivity index (χ4n) is 1.98. The van der Waals surface area contributed by atoms with Gasteiger partial charge in [-0.1, -0.05) is 5.16 Å². The van der Waals surface area contributed by atoms with Crippen molar-refractivity contribution >= 4 is 5.82 Å². The molecule has 7 heteroatoms. The Bertz CT molecular complexity index is 752. The number of phenolic OH excluding ortho intramolecular Hbond substituents is 1. The highest BCUT2D eigenvalue weighted by molar-refractivity contribution is 5.63. The number of nitrogens with one attached hydrogen (secondary N) is 1. The van der Waals surface area contributed by atoms with Crippen molar-refractivity contribution in [3.05, 3.63) is 29.3 Å². The predicted molar refractivity (Wildman–Crippen MR) is 72.9 cm³/mol. The molecule has 0 unspecified atom stereocenters. The molecule has 2 heterocycles. The highest BCUT2D eigenvalue weighted by atomic mass is 16.5. The van der Waals surface area contributed by atoms with Crippen molar-refractivity contribution < 1.29 is 9.63 Å². The van der Waals surface area contributed by atoms with Crippen LogP contribution in [0.15, 0.2) is 22.7 Å². The number of aromatic hydroxyl groups is 1. The van der Waals surface area contributed by atoms with Gasteiger partial charge in [0.05, 0.1) is 0 Å². The Kier molecular flexibility index (Phi) is 2.67. The Hall–Kier alpha value is -2.83. The largest absolute Gasteiger partial charge is 0.507 e. The second kappa shape index (κ2) is 4.37. The van der Waals surface area contributed by atoms with E-state index in [1.807, 2.05) is 13.8 Å². The zero-order valence-electron chi connectivity index (χ0n) is 11.0. The number of nitrogen functional groups attached to an aromatic ring is 1. The van der Waals surface area contributed by atoms with E-state index in [-0.39, 0.29) is 5.75 Å². The number of nitrogens with zero attached hydrogens (tertiary/aromatic N) is 3. The van der Waals surface area contributed by atoms with Crippen LogP contribution in [0.25, 0.3) is 23.0 Å². The van der Waals surface area contributed by atoms with Gasteiger partial charge in [-0.15, -0.1) is 0 Å². The molecule has 3 rings (SSSR count). The van der Waals surface area contributed by atoms with Crippen molar-refractivity contribution in [1.29, 1.82) is 0 Å². The first-order valence-electron chi connectivity index (χ1n) is 6.00. The maximum absolute atomic E-state index is 9.77. The fourth-order valence-corrected chi connectivity index (χ4v) is 1.98. The van der Waals surface area contributed by atoms with Gasteiger partial charge in [-0.05, 0) is 37.1 Å². The molecule has 0 aliphatic carbocycles. The minimum atomic E-state index is 0.277. The Balaban J connectivity index is 2.02. The van der Waals surface area contributed by atoms with Gasteiger partial charge < -0.3 is 15.4 Å². The van der Waals surface area contributed by atoms with Gasteiger partial charge in [-0.25, -0.2) is 0 Å². The molecule has 0 saturated carbocycles. The van der Waals surface area contributed by atoms with Gasteiger partial charge in [0, 0.05) is 11.6 Å². The van der Waals surface area contributed by atoms with Gasteiger partial charge in [-0.3, -0.25) is 5.10 Å². The van der Waals surface area contributed by atoms with Gasteiger partial charge in [0.15, 0.2) is 0 Å². The molecule has 0 aliphatic rings. The number of phenols is 1. The summed E-state index contributed by atoms with van der Waals surface area (Å²) in [5, 5.41) is 20.2. The highest BCUT2D eigenvalue weighted by Crippen LogP contribution is 2.28. The molecular weight excluding hydrogens is 258 g/mol. The number of rotatable bonds is 2. The second-order valence-corrected chi connectivity index (χ2v) is 4.59. The summed E-state index contributed by atoms with van der Waals surface area (Å²) < 4.78 is 5.18. The molecule has 4 N–H and O–H groups in total. The zero-order valence-corrected chi connectivity index (χ0v) is 11.0. The number of nitrogens with two attached hydrogens (primary N) is 1. The van der Waals surface area contributed by atoms with Crippen LogP contribution >= 0.6 is 0 Å². The molecule has 3 aromatic rings. The minimum Gasteiger partial charge on any atom is -0.507 e. The van der Waals surface area contributed by atoms with E-state index in [2.05, 4.69) is 20.3 Å². The third kappa shape index (κ3) is 1.99. The molecule has 0 bridgehead atoms. The molecule has 0 amide bonds. The summed E-state index contributed by atoms with van der Waals surface area (Å²) in [5.41, 5.74) is 8.39. The van der Waals surface area contributed by atoms with E-state index in [1.165, 1.54) is 0 Å². The van der Waals surface area contributed by atoms with Crippen molar-refractivity contribution in [2.24, 2.45) is 0 Å². The maximum Gasteiger partial charge on any atom is 0.276 e. The third-order valence-corrected chi connectivity index (χ3v) is 3.00. The molecule has 0 atom stereocenters. The average molecular weight is 271 g/mol. The lowest BCUT2D eigenvalue weighted by Crippen LogP contribution is -1.86. The van der Waals surface area contributed by atoms with Gasteiger partial charge in [-0.2, -0.15) is 10.1 Å². The predicted octanol–water partition coefficient (Wildman–Crippen LogP) is 2.03. The van der Waals surface area contributed by atoms with Crippen LogP contribution < -0.4 is 5.73 Å². The Morgan fingerprint density at radius 1 is 1.20 bits per heavy atom. The van der Waals surface area contributed by atoms with Gasteiger partial charge >= 0.3 is 0 Å². The van der Waals surface area contributed by atoms with Crippen LogP contribution in [0.2, 0.25) is 0 Å². The van der Waals surface area contributed by atoms with Crippen molar-refractivity contribution in [3.8, 4) is 28.7 Å². The van der Waals surface area contributed by atoms with Crippen LogP contribution in [0.5, 0.6) is 5.75 Å². The van der Waals surface area contributed by atoms with Crippen LogP contribution in [-0.4, -0.2) is 25.4 Å². The SMILES string of the molecule is Cc1cc(-c2noc(-c3cc(N)n[nH]3)n2)cc(C)c1O. The lowest BCUT2D eigenvalue weighted by Gasteiger charge is -2.04. The van der Waals surface area contributed by atoms with Crippen LogP contribution in [-0.2, 0) is 0 Å². The Morgan fingerprint density at radius 3 is 2.50 bits per heavy atom. The summed E-state index contributed by atoms with van der Waals surface area (Å²) in [6.45, 7) is 3.64. The quantitative estimate of drug-likeness (QED) is 0.657. The first-order valence-corrected chi connectivity index (χ1v) is 6.00. The van der Waals surface area contributed by atoms with Gasteiger partial charge in [0.2, 0.25) is 5.82 Å². The van der Waals surface area contributed by atoms with E-state index >= 15 is 0 Å². The van der Waals surface area contributed by atoms with Gasteiger partial charge in [0.1, 0.15) is 17.3 Å².